The molecule has 0 unspecified atom stereocenters. The van der Waals surface area contributed by atoms with E-state index in [0.717, 1.165) is 6.08 Å². The Hall–Kier alpha value is -1.51. The van der Waals surface area contributed by atoms with Crippen molar-refractivity contribution in [2.75, 3.05) is 0 Å². The van der Waals surface area contributed by atoms with Gasteiger partial charge in [-0.2, -0.15) is 0 Å². The Kier molecular flexibility index (Phi) is 3.93. The molecule has 0 aliphatic heterocycles. The molecule has 3 heteroatoms. The molecule has 0 aromatic rings. The van der Waals surface area contributed by atoms with Crippen molar-refractivity contribution in [1.82, 2.24) is 0 Å². The second-order valence-electron chi connectivity index (χ2n) is 3.73. The van der Waals surface area contributed by atoms with Gasteiger partial charge in [-0.25, -0.2) is 13.2 Å². The molecule has 0 spiro atoms. The maximum atomic E-state index is 13.5. The van der Waals surface area contributed by atoms with E-state index in [1.165, 1.54) is 6.08 Å². The normalized spacial score (nSPS) is 17.2. The van der Waals surface area contributed by atoms with E-state index in [-0.39, 0.29) is 24.0 Å². The number of halogens is 3. The van der Waals surface area contributed by atoms with Gasteiger partial charge in [0, 0.05) is 18.1 Å². The van der Waals surface area contributed by atoms with E-state index in [1.807, 2.05) is 0 Å². The molecule has 0 aromatic carbocycles. The number of hydrogen-bond acceptors (Lipinski definition) is 0. The van der Waals surface area contributed by atoms with Crippen molar-refractivity contribution in [1.29, 1.82) is 0 Å². The van der Waals surface area contributed by atoms with E-state index in [2.05, 4.69) is 13.2 Å². The van der Waals surface area contributed by atoms with Crippen LogP contribution in [0.3, 0.4) is 0 Å². The maximum absolute atomic E-state index is 13.5. The van der Waals surface area contributed by atoms with Crippen molar-refractivity contribution >= 4 is 0 Å². The molecular formula is C13H13F3. The third-order valence-corrected chi connectivity index (χ3v) is 2.21. The van der Waals surface area contributed by atoms with Gasteiger partial charge in [0.25, 0.3) is 0 Å². The third-order valence-electron chi connectivity index (χ3n) is 2.21. The average Bonchev–Trinajstić information content (AvgIpc) is 2.15. The van der Waals surface area contributed by atoms with Crippen LogP contribution in [-0.4, -0.2) is 0 Å². The highest BCUT2D eigenvalue weighted by molar-refractivity contribution is 5.48. The summed E-state index contributed by atoms with van der Waals surface area (Å²) in [7, 11) is 0. The molecule has 1 aliphatic carbocycles. The van der Waals surface area contributed by atoms with Gasteiger partial charge in [0.1, 0.15) is 17.5 Å². The fraction of sp³-hybridized carbons (Fsp3) is 0.231. The predicted octanol–water partition coefficient (Wildman–Crippen LogP) is 4.84. The molecule has 86 valence electrons. The first-order chi connectivity index (χ1) is 7.41. The van der Waals surface area contributed by atoms with E-state index in [4.69, 9.17) is 0 Å². The van der Waals surface area contributed by atoms with Gasteiger partial charge in [-0.05, 0) is 25.0 Å². The highest BCUT2D eigenvalue weighted by Gasteiger charge is 2.18. The van der Waals surface area contributed by atoms with Crippen molar-refractivity contribution in [2.45, 2.75) is 19.8 Å². The van der Waals surface area contributed by atoms with Crippen LogP contribution >= 0.6 is 0 Å². The Morgan fingerprint density at radius 2 is 1.94 bits per heavy atom. The monoisotopic (exact) mass is 226 g/mol. The van der Waals surface area contributed by atoms with Gasteiger partial charge in [-0.3, -0.25) is 0 Å². The lowest BCUT2D eigenvalue weighted by Gasteiger charge is -2.13. The third kappa shape index (κ3) is 2.99. The van der Waals surface area contributed by atoms with E-state index < -0.39 is 17.5 Å². The minimum atomic E-state index is -0.751. The molecule has 1 rings (SSSR count). The smallest absolute Gasteiger partial charge is 0.130 e. The summed E-state index contributed by atoms with van der Waals surface area (Å²) in [5.74, 6) is -1.91. The molecule has 0 nitrogen and oxygen atoms in total. The molecule has 0 fully saturated rings. The van der Waals surface area contributed by atoms with Gasteiger partial charge in [-0.15, -0.1) is 0 Å². The zero-order valence-electron chi connectivity index (χ0n) is 9.12. The van der Waals surface area contributed by atoms with Gasteiger partial charge in [-0.1, -0.05) is 18.7 Å². The molecule has 0 aromatic heterocycles. The van der Waals surface area contributed by atoms with Crippen molar-refractivity contribution in [3.05, 3.63) is 59.5 Å². The highest BCUT2D eigenvalue weighted by atomic mass is 19.1. The Morgan fingerprint density at radius 1 is 1.31 bits per heavy atom. The molecule has 0 amide bonds. The van der Waals surface area contributed by atoms with Crippen molar-refractivity contribution in [2.24, 2.45) is 0 Å². The lowest BCUT2D eigenvalue weighted by atomic mass is 9.95. The van der Waals surface area contributed by atoms with Crippen LogP contribution in [0.1, 0.15) is 19.8 Å². The minimum Gasteiger partial charge on any atom is -0.212 e. The zero-order chi connectivity index (χ0) is 12.3. The van der Waals surface area contributed by atoms with Crippen molar-refractivity contribution < 1.29 is 13.2 Å². The Morgan fingerprint density at radius 3 is 2.44 bits per heavy atom. The average molecular weight is 226 g/mol. The van der Waals surface area contributed by atoms with Gasteiger partial charge in [0.15, 0.2) is 0 Å². The van der Waals surface area contributed by atoms with Gasteiger partial charge in [0.2, 0.25) is 0 Å². The molecule has 0 radical (unpaired) electrons. The summed E-state index contributed by atoms with van der Waals surface area (Å²) in [6.07, 6.45) is 2.17. The Labute approximate surface area is 93.2 Å². The Bertz CT molecular complexity index is 422. The topological polar surface area (TPSA) is 0 Å². The lowest BCUT2D eigenvalue weighted by molar-refractivity contribution is 0.546. The molecule has 0 atom stereocenters. The first kappa shape index (κ1) is 12.6. The van der Waals surface area contributed by atoms with Crippen LogP contribution in [0.2, 0.25) is 0 Å². The molecule has 0 saturated carbocycles. The molecule has 1 aliphatic rings. The van der Waals surface area contributed by atoms with Crippen molar-refractivity contribution in [3.8, 4) is 0 Å². The molecule has 16 heavy (non-hydrogen) atoms. The summed E-state index contributed by atoms with van der Waals surface area (Å²) < 4.78 is 39.5. The summed E-state index contributed by atoms with van der Waals surface area (Å²) in [5.41, 5.74) is 0.595. The lowest BCUT2D eigenvalue weighted by Crippen LogP contribution is -1.98. The number of rotatable bonds is 3. The first-order valence-electron chi connectivity index (χ1n) is 4.89. The van der Waals surface area contributed by atoms with Crippen LogP contribution in [0.25, 0.3) is 0 Å². The van der Waals surface area contributed by atoms with Crippen LogP contribution in [0.4, 0.5) is 13.2 Å². The first-order valence-corrected chi connectivity index (χ1v) is 4.89. The SMILES string of the molecule is C=C(C)/C=C(/F)C(=C)C1=C(F)C=C(F)CC1. The number of allylic oxidation sites excluding steroid dienone is 8. The van der Waals surface area contributed by atoms with Crippen LogP contribution in [-0.2, 0) is 0 Å². The van der Waals surface area contributed by atoms with Crippen LogP contribution in [0.5, 0.6) is 0 Å². The summed E-state index contributed by atoms with van der Waals surface area (Å²) in [6.45, 7) is 8.61. The predicted molar refractivity (Wildman–Crippen MR) is 59.7 cm³/mol. The molecular weight excluding hydrogens is 213 g/mol. The van der Waals surface area contributed by atoms with Crippen LogP contribution < -0.4 is 0 Å². The molecule has 0 N–H and O–H groups in total. The van der Waals surface area contributed by atoms with E-state index >= 15 is 0 Å². The Balaban J connectivity index is 2.99. The van der Waals surface area contributed by atoms with E-state index in [9.17, 15) is 13.2 Å². The second kappa shape index (κ2) is 5.01. The maximum Gasteiger partial charge on any atom is 0.130 e. The zero-order valence-corrected chi connectivity index (χ0v) is 9.12. The van der Waals surface area contributed by atoms with E-state index in [1.54, 1.807) is 6.92 Å². The van der Waals surface area contributed by atoms with Crippen LogP contribution in [0, 0.1) is 0 Å². The van der Waals surface area contributed by atoms with E-state index in [0.29, 0.717) is 5.57 Å². The van der Waals surface area contributed by atoms with Gasteiger partial charge in [0.05, 0.1) is 0 Å². The molecule has 0 heterocycles. The highest BCUT2D eigenvalue weighted by Crippen LogP contribution is 2.33. The minimum absolute atomic E-state index is 0.0377. The standard InChI is InChI=1S/C13H13F3/c1-8(2)6-12(15)9(3)11-5-4-10(14)7-13(11)16/h6-7H,1,3-5H2,2H3/b12-6+. The fourth-order valence-corrected chi connectivity index (χ4v) is 1.40. The van der Waals surface area contributed by atoms with Crippen molar-refractivity contribution in [3.63, 3.8) is 0 Å². The molecule has 0 saturated heterocycles. The van der Waals surface area contributed by atoms with Crippen LogP contribution in [0.15, 0.2) is 59.5 Å². The largest absolute Gasteiger partial charge is 0.212 e. The summed E-state index contributed by atoms with van der Waals surface area (Å²) >= 11 is 0. The summed E-state index contributed by atoms with van der Waals surface area (Å²) in [6, 6.07) is 0. The quantitative estimate of drug-likeness (QED) is 0.604. The summed E-state index contributed by atoms with van der Waals surface area (Å²) in [5, 5.41) is 0. The van der Waals surface area contributed by atoms with Gasteiger partial charge >= 0.3 is 0 Å². The van der Waals surface area contributed by atoms with Gasteiger partial charge < -0.3 is 0 Å². The summed E-state index contributed by atoms with van der Waals surface area (Å²) in [4.78, 5) is 0. The number of hydrogen-bond donors (Lipinski definition) is 0. The second-order valence-corrected chi connectivity index (χ2v) is 3.73. The molecule has 0 bridgehead atoms. The fourth-order valence-electron chi connectivity index (χ4n) is 1.40.